The zero-order valence-corrected chi connectivity index (χ0v) is 13.9. The Hall–Kier alpha value is -1.85. The van der Waals surface area contributed by atoms with Crippen LogP contribution in [0.5, 0.6) is 5.75 Å². The molecular weight excluding hydrogens is 290 g/mol. The normalized spacial score (nSPS) is 18.3. The van der Waals surface area contributed by atoms with Crippen LogP contribution in [0.15, 0.2) is 36.7 Å². The lowest BCUT2D eigenvalue weighted by atomic mass is 10.1. The molecule has 1 aromatic heterocycles. The third-order valence-electron chi connectivity index (χ3n) is 4.27. The first-order valence-electron chi connectivity index (χ1n) is 8.23. The van der Waals surface area contributed by atoms with Gasteiger partial charge in [-0.2, -0.15) is 0 Å². The van der Waals surface area contributed by atoms with Gasteiger partial charge in [0.2, 0.25) is 0 Å². The average molecular weight is 315 g/mol. The molecule has 0 bridgehead atoms. The summed E-state index contributed by atoms with van der Waals surface area (Å²) in [5, 5.41) is 0. The molecule has 1 saturated heterocycles. The van der Waals surface area contributed by atoms with E-state index in [-0.39, 0.29) is 0 Å². The molecule has 0 unspecified atom stereocenters. The molecule has 5 heteroatoms. The summed E-state index contributed by atoms with van der Waals surface area (Å²) in [6.45, 7) is 2.66. The van der Waals surface area contributed by atoms with E-state index in [0.717, 1.165) is 43.4 Å². The molecule has 1 aliphatic heterocycles. The SMILES string of the molecule is COc1ccc(-n2ccnc2CN(C)C[C@@H]2CCCCO2)cc1. The second-order valence-corrected chi connectivity index (χ2v) is 6.10. The molecule has 1 aromatic carbocycles. The Balaban J connectivity index is 1.65. The summed E-state index contributed by atoms with van der Waals surface area (Å²) in [4.78, 5) is 6.81. The monoisotopic (exact) mass is 315 g/mol. The zero-order valence-electron chi connectivity index (χ0n) is 13.9. The number of hydrogen-bond acceptors (Lipinski definition) is 4. The van der Waals surface area contributed by atoms with Gasteiger partial charge in [0.1, 0.15) is 11.6 Å². The maximum Gasteiger partial charge on any atom is 0.127 e. The van der Waals surface area contributed by atoms with Crippen LogP contribution in [0.3, 0.4) is 0 Å². The molecule has 0 saturated carbocycles. The average Bonchev–Trinajstić information content (AvgIpc) is 3.03. The maximum atomic E-state index is 5.83. The molecule has 124 valence electrons. The largest absolute Gasteiger partial charge is 0.497 e. The van der Waals surface area contributed by atoms with Crippen molar-refractivity contribution in [2.45, 2.75) is 31.9 Å². The summed E-state index contributed by atoms with van der Waals surface area (Å²) < 4.78 is 13.2. The number of hydrogen-bond donors (Lipinski definition) is 0. The van der Waals surface area contributed by atoms with Gasteiger partial charge in [-0.3, -0.25) is 4.90 Å². The van der Waals surface area contributed by atoms with Gasteiger partial charge in [0.25, 0.3) is 0 Å². The van der Waals surface area contributed by atoms with E-state index >= 15 is 0 Å². The van der Waals surface area contributed by atoms with Crippen molar-refractivity contribution < 1.29 is 9.47 Å². The predicted octanol–water partition coefficient (Wildman–Crippen LogP) is 2.88. The summed E-state index contributed by atoms with van der Waals surface area (Å²) in [5.74, 6) is 1.90. The van der Waals surface area contributed by atoms with Crippen molar-refractivity contribution >= 4 is 0 Å². The predicted molar refractivity (Wildman–Crippen MR) is 90.0 cm³/mol. The van der Waals surface area contributed by atoms with Crippen LogP contribution in [-0.4, -0.2) is 47.9 Å². The number of aromatic nitrogens is 2. The standard InChI is InChI=1S/C18H25N3O2/c1-20(13-17-5-3-4-12-23-17)14-18-19-10-11-21(18)15-6-8-16(22-2)9-7-15/h6-11,17H,3-5,12-14H2,1-2H3/t17-/m0/s1. The Bertz CT molecular complexity index is 603. The molecule has 5 nitrogen and oxygen atoms in total. The lowest BCUT2D eigenvalue weighted by molar-refractivity contribution is -0.00296. The number of imidazole rings is 1. The van der Waals surface area contributed by atoms with E-state index in [1.54, 1.807) is 7.11 Å². The topological polar surface area (TPSA) is 39.5 Å². The molecule has 1 fully saturated rings. The highest BCUT2D eigenvalue weighted by Gasteiger charge is 2.17. The molecule has 0 spiro atoms. The number of methoxy groups -OCH3 is 1. The fraction of sp³-hybridized carbons (Fsp3) is 0.500. The quantitative estimate of drug-likeness (QED) is 0.822. The van der Waals surface area contributed by atoms with Crippen LogP contribution in [0.25, 0.3) is 5.69 Å². The van der Waals surface area contributed by atoms with Gasteiger partial charge in [0, 0.05) is 31.2 Å². The third kappa shape index (κ3) is 4.12. The highest BCUT2D eigenvalue weighted by atomic mass is 16.5. The van der Waals surface area contributed by atoms with Gasteiger partial charge < -0.3 is 14.0 Å². The van der Waals surface area contributed by atoms with E-state index < -0.39 is 0 Å². The van der Waals surface area contributed by atoms with Crippen molar-refractivity contribution in [2.75, 3.05) is 27.3 Å². The van der Waals surface area contributed by atoms with E-state index in [1.807, 2.05) is 36.7 Å². The van der Waals surface area contributed by atoms with Crippen molar-refractivity contribution in [3.05, 3.63) is 42.5 Å². The molecule has 2 aromatic rings. The molecule has 23 heavy (non-hydrogen) atoms. The molecular formula is C18H25N3O2. The number of benzene rings is 1. The Kier molecular flexibility index (Phi) is 5.31. The van der Waals surface area contributed by atoms with E-state index in [1.165, 1.54) is 12.8 Å². The summed E-state index contributed by atoms with van der Waals surface area (Å²) in [5.41, 5.74) is 1.10. The number of nitrogens with zero attached hydrogens (tertiary/aromatic N) is 3. The fourth-order valence-corrected chi connectivity index (χ4v) is 3.03. The first kappa shape index (κ1) is 16.0. The molecule has 0 amide bonds. The van der Waals surface area contributed by atoms with Crippen molar-refractivity contribution in [1.29, 1.82) is 0 Å². The lowest BCUT2D eigenvalue weighted by Gasteiger charge is -2.27. The Labute approximate surface area is 137 Å². The number of likely N-dealkylation sites (N-methyl/N-ethyl adjacent to an activating group) is 1. The van der Waals surface area contributed by atoms with Crippen LogP contribution >= 0.6 is 0 Å². The highest BCUT2D eigenvalue weighted by molar-refractivity contribution is 5.38. The minimum atomic E-state index is 0.359. The van der Waals surface area contributed by atoms with Gasteiger partial charge in [0.05, 0.1) is 19.8 Å². The summed E-state index contributed by atoms with van der Waals surface area (Å²) in [6, 6.07) is 8.04. The van der Waals surface area contributed by atoms with E-state index in [2.05, 4.69) is 21.5 Å². The molecule has 1 aliphatic rings. The van der Waals surface area contributed by atoms with E-state index in [0.29, 0.717) is 6.10 Å². The van der Waals surface area contributed by atoms with Crippen molar-refractivity contribution in [3.63, 3.8) is 0 Å². The second-order valence-electron chi connectivity index (χ2n) is 6.10. The molecule has 0 N–H and O–H groups in total. The maximum absolute atomic E-state index is 5.83. The third-order valence-corrected chi connectivity index (χ3v) is 4.27. The second kappa shape index (κ2) is 7.62. The van der Waals surface area contributed by atoms with Gasteiger partial charge in [-0.1, -0.05) is 0 Å². The van der Waals surface area contributed by atoms with E-state index in [4.69, 9.17) is 9.47 Å². The van der Waals surface area contributed by atoms with Crippen LogP contribution in [0.4, 0.5) is 0 Å². The van der Waals surface area contributed by atoms with Crippen LogP contribution in [0, 0.1) is 0 Å². The van der Waals surface area contributed by atoms with Gasteiger partial charge in [-0.15, -0.1) is 0 Å². The number of ether oxygens (including phenoxy) is 2. The lowest BCUT2D eigenvalue weighted by Crippen LogP contribution is -2.33. The molecule has 0 radical (unpaired) electrons. The highest BCUT2D eigenvalue weighted by Crippen LogP contribution is 2.18. The Morgan fingerprint density at radius 1 is 1.30 bits per heavy atom. The summed E-state index contributed by atoms with van der Waals surface area (Å²) >= 11 is 0. The minimum Gasteiger partial charge on any atom is -0.497 e. The summed E-state index contributed by atoms with van der Waals surface area (Å²) in [6.07, 6.45) is 7.85. The van der Waals surface area contributed by atoms with Gasteiger partial charge in [-0.05, 0) is 50.6 Å². The van der Waals surface area contributed by atoms with Gasteiger partial charge in [-0.25, -0.2) is 4.98 Å². The Morgan fingerprint density at radius 3 is 2.83 bits per heavy atom. The van der Waals surface area contributed by atoms with Crippen molar-refractivity contribution in [2.24, 2.45) is 0 Å². The number of rotatable bonds is 6. The minimum absolute atomic E-state index is 0.359. The van der Waals surface area contributed by atoms with Crippen molar-refractivity contribution in [1.82, 2.24) is 14.5 Å². The van der Waals surface area contributed by atoms with Crippen molar-refractivity contribution in [3.8, 4) is 11.4 Å². The molecule has 1 atom stereocenters. The first-order valence-corrected chi connectivity index (χ1v) is 8.23. The van der Waals surface area contributed by atoms with Crippen LogP contribution in [0.2, 0.25) is 0 Å². The van der Waals surface area contributed by atoms with Crippen LogP contribution in [0.1, 0.15) is 25.1 Å². The Morgan fingerprint density at radius 2 is 2.13 bits per heavy atom. The zero-order chi connectivity index (χ0) is 16.1. The smallest absolute Gasteiger partial charge is 0.127 e. The van der Waals surface area contributed by atoms with Crippen LogP contribution in [-0.2, 0) is 11.3 Å². The fourth-order valence-electron chi connectivity index (χ4n) is 3.03. The van der Waals surface area contributed by atoms with Crippen LogP contribution < -0.4 is 4.74 Å². The van der Waals surface area contributed by atoms with Gasteiger partial charge in [0.15, 0.2) is 0 Å². The molecule has 3 rings (SSSR count). The van der Waals surface area contributed by atoms with Gasteiger partial charge >= 0.3 is 0 Å². The summed E-state index contributed by atoms with van der Waals surface area (Å²) in [7, 11) is 3.81. The molecule has 0 aliphatic carbocycles. The van der Waals surface area contributed by atoms with E-state index in [9.17, 15) is 0 Å². The molecule has 2 heterocycles. The first-order chi connectivity index (χ1) is 11.3.